The topological polar surface area (TPSA) is 83.6 Å². The van der Waals surface area contributed by atoms with Gasteiger partial charge in [-0.05, 0) is 31.0 Å². The van der Waals surface area contributed by atoms with E-state index in [0.717, 1.165) is 31.7 Å². The minimum Gasteiger partial charge on any atom is -0.480 e. The molecule has 0 spiro atoms. The van der Waals surface area contributed by atoms with Gasteiger partial charge in [0.05, 0.1) is 11.3 Å². The number of carbonyl (C=O) groups excluding carboxylic acids is 1. The summed E-state index contributed by atoms with van der Waals surface area (Å²) in [6.07, 6.45) is 3.77. The molecule has 0 aliphatic heterocycles. The molecule has 0 aromatic heterocycles. The highest BCUT2D eigenvalue weighted by molar-refractivity contribution is 5.99. The second kappa shape index (κ2) is 5.90. The summed E-state index contributed by atoms with van der Waals surface area (Å²) in [6, 6.07) is 3.75. The van der Waals surface area contributed by atoms with Gasteiger partial charge in [0.2, 0.25) is 0 Å². The van der Waals surface area contributed by atoms with E-state index in [2.05, 4.69) is 0 Å². The van der Waals surface area contributed by atoms with E-state index in [1.54, 1.807) is 4.90 Å². The van der Waals surface area contributed by atoms with E-state index in [9.17, 15) is 14.0 Å². The van der Waals surface area contributed by atoms with Crippen molar-refractivity contribution < 1.29 is 19.1 Å². The molecule has 1 fully saturated rings. The van der Waals surface area contributed by atoms with Gasteiger partial charge >= 0.3 is 5.97 Å². The van der Waals surface area contributed by atoms with E-state index in [1.807, 2.05) is 0 Å². The van der Waals surface area contributed by atoms with Gasteiger partial charge < -0.3 is 15.7 Å². The van der Waals surface area contributed by atoms with E-state index in [-0.39, 0.29) is 18.2 Å². The highest BCUT2D eigenvalue weighted by atomic mass is 19.1. The largest absolute Gasteiger partial charge is 0.480 e. The van der Waals surface area contributed by atoms with Gasteiger partial charge in [-0.25, -0.2) is 4.39 Å². The number of hydrogen-bond donors (Lipinski definition) is 2. The van der Waals surface area contributed by atoms with Crippen molar-refractivity contribution in [3.05, 3.63) is 29.6 Å². The van der Waals surface area contributed by atoms with Crippen LogP contribution in [0.4, 0.5) is 10.1 Å². The molecule has 3 N–H and O–H groups in total. The van der Waals surface area contributed by atoms with Gasteiger partial charge in [0, 0.05) is 6.04 Å². The Balaban J connectivity index is 2.41. The molecular formula is C14H17FN2O3. The molecule has 0 atom stereocenters. The third-order valence-electron chi connectivity index (χ3n) is 3.60. The zero-order chi connectivity index (χ0) is 14.7. The SMILES string of the molecule is NC(=O)c1cc(F)ccc1N(CC(=O)O)C1CCCC1. The molecule has 1 aromatic carbocycles. The summed E-state index contributed by atoms with van der Waals surface area (Å²) in [5.41, 5.74) is 5.69. The molecule has 6 heteroatoms. The zero-order valence-electron chi connectivity index (χ0n) is 11.0. The van der Waals surface area contributed by atoms with Crippen molar-refractivity contribution in [2.45, 2.75) is 31.7 Å². The van der Waals surface area contributed by atoms with Gasteiger partial charge in [0.25, 0.3) is 5.91 Å². The average molecular weight is 280 g/mol. The maximum Gasteiger partial charge on any atom is 0.323 e. The first kappa shape index (κ1) is 14.3. The third-order valence-corrected chi connectivity index (χ3v) is 3.60. The minimum atomic E-state index is -0.989. The fourth-order valence-corrected chi connectivity index (χ4v) is 2.73. The number of nitrogens with zero attached hydrogens (tertiary/aromatic N) is 1. The van der Waals surface area contributed by atoms with Gasteiger partial charge in [0.15, 0.2) is 0 Å². The van der Waals surface area contributed by atoms with Crippen LogP contribution in [0.2, 0.25) is 0 Å². The lowest BCUT2D eigenvalue weighted by Gasteiger charge is -2.30. The minimum absolute atomic E-state index is 0.0261. The summed E-state index contributed by atoms with van der Waals surface area (Å²) < 4.78 is 13.3. The molecule has 0 unspecified atom stereocenters. The van der Waals surface area contributed by atoms with Gasteiger partial charge in [-0.15, -0.1) is 0 Å². The number of amides is 1. The summed E-state index contributed by atoms with van der Waals surface area (Å²) >= 11 is 0. The van der Waals surface area contributed by atoms with Crippen LogP contribution in [0.15, 0.2) is 18.2 Å². The first-order valence-electron chi connectivity index (χ1n) is 6.57. The Bertz CT molecular complexity index is 527. The number of primary amides is 1. The molecular weight excluding hydrogens is 263 g/mol. The predicted octanol–water partition coefficient (Wildman–Crippen LogP) is 1.76. The molecule has 0 bridgehead atoms. The normalized spacial score (nSPS) is 15.2. The highest BCUT2D eigenvalue weighted by Crippen LogP contribution is 2.30. The molecule has 1 saturated carbocycles. The molecule has 2 rings (SSSR count). The van der Waals surface area contributed by atoms with E-state index in [0.29, 0.717) is 5.69 Å². The summed E-state index contributed by atoms with van der Waals surface area (Å²) in [4.78, 5) is 24.2. The Hall–Kier alpha value is -2.11. The number of anilines is 1. The molecule has 1 amide bonds. The number of hydrogen-bond acceptors (Lipinski definition) is 3. The molecule has 0 saturated heterocycles. The Kier molecular flexibility index (Phi) is 4.22. The summed E-state index contributed by atoms with van der Waals surface area (Å²) in [6.45, 7) is -0.226. The second-order valence-corrected chi connectivity index (χ2v) is 4.99. The van der Waals surface area contributed by atoms with Gasteiger partial charge in [-0.2, -0.15) is 0 Å². The lowest BCUT2D eigenvalue weighted by molar-refractivity contribution is -0.135. The molecule has 1 aromatic rings. The summed E-state index contributed by atoms with van der Waals surface area (Å²) in [5, 5.41) is 9.06. The van der Waals surface area contributed by atoms with E-state index in [4.69, 9.17) is 10.8 Å². The Morgan fingerprint density at radius 2 is 2.00 bits per heavy atom. The third kappa shape index (κ3) is 3.07. The number of benzene rings is 1. The van der Waals surface area contributed by atoms with Crippen LogP contribution in [0, 0.1) is 5.82 Å². The molecule has 0 heterocycles. The van der Waals surface area contributed by atoms with Crippen molar-refractivity contribution >= 4 is 17.6 Å². The van der Waals surface area contributed by atoms with Crippen LogP contribution in [-0.4, -0.2) is 29.6 Å². The lowest BCUT2D eigenvalue weighted by Crippen LogP contribution is -2.39. The number of aliphatic carboxylic acids is 1. The Morgan fingerprint density at radius 1 is 1.35 bits per heavy atom. The van der Waals surface area contributed by atoms with Crippen molar-refractivity contribution in [3.8, 4) is 0 Å². The molecule has 5 nitrogen and oxygen atoms in total. The summed E-state index contributed by atoms with van der Waals surface area (Å²) in [5.74, 6) is -2.31. The van der Waals surface area contributed by atoms with Gasteiger partial charge in [0.1, 0.15) is 12.4 Å². The van der Waals surface area contributed by atoms with Crippen LogP contribution in [0.5, 0.6) is 0 Å². The second-order valence-electron chi connectivity index (χ2n) is 4.99. The van der Waals surface area contributed by atoms with Crippen molar-refractivity contribution in [3.63, 3.8) is 0 Å². The maximum absolute atomic E-state index is 13.3. The standard InChI is InChI=1S/C14H17FN2O3/c15-9-5-6-12(11(7-9)14(16)20)17(8-13(18)19)10-3-1-2-4-10/h5-7,10H,1-4,8H2,(H2,16,20)(H,18,19). The highest BCUT2D eigenvalue weighted by Gasteiger charge is 2.27. The van der Waals surface area contributed by atoms with Crippen LogP contribution < -0.4 is 10.6 Å². The van der Waals surface area contributed by atoms with Gasteiger partial charge in [-0.3, -0.25) is 9.59 Å². The average Bonchev–Trinajstić information content (AvgIpc) is 2.89. The van der Waals surface area contributed by atoms with Crippen molar-refractivity contribution in [1.82, 2.24) is 0 Å². The first-order valence-corrected chi connectivity index (χ1v) is 6.57. The smallest absolute Gasteiger partial charge is 0.323 e. The monoisotopic (exact) mass is 280 g/mol. The molecule has 0 radical (unpaired) electrons. The lowest BCUT2D eigenvalue weighted by atomic mass is 10.1. The number of carboxylic acid groups (broad SMARTS) is 1. The number of carbonyl (C=O) groups is 2. The van der Waals surface area contributed by atoms with Crippen LogP contribution in [0.1, 0.15) is 36.0 Å². The predicted molar refractivity (Wildman–Crippen MR) is 72.2 cm³/mol. The fraction of sp³-hybridized carbons (Fsp3) is 0.429. The molecule has 108 valence electrons. The van der Waals surface area contributed by atoms with Crippen molar-refractivity contribution in [2.24, 2.45) is 5.73 Å². The number of carboxylic acids is 1. The zero-order valence-corrected chi connectivity index (χ0v) is 11.0. The van der Waals surface area contributed by atoms with Crippen LogP contribution in [0.25, 0.3) is 0 Å². The van der Waals surface area contributed by atoms with Crippen molar-refractivity contribution in [1.29, 1.82) is 0 Å². The summed E-state index contributed by atoms with van der Waals surface area (Å²) in [7, 11) is 0. The first-order chi connectivity index (χ1) is 9.49. The molecule has 1 aliphatic rings. The van der Waals surface area contributed by atoms with Crippen LogP contribution >= 0.6 is 0 Å². The Morgan fingerprint density at radius 3 is 2.55 bits per heavy atom. The maximum atomic E-state index is 13.3. The van der Waals surface area contributed by atoms with Crippen molar-refractivity contribution in [2.75, 3.05) is 11.4 Å². The van der Waals surface area contributed by atoms with E-state index in [1.165, 1.54) is 12.1 Å². The Labute approximate surface area is 116 Å². The fourth-order valence-electron chi connectivity index (χ4n) is 2.73. The van der Waals surface area contributed by atoms with E-state index < -0.39 is 17.7 Å². The number of nitrogens with two attached hydrogens (primary N) is 1. The number of rotatable bonds is 5. The molecule has 20 heavy (non-hydrogen) atoms. The van der Waals surface area contributed by atoms with Crippen LogP contribution in [0.3, 0.4) is 0 Å². The van der Waals surface area contributed by atoms with Crippen LogP contribution in [-0.2, 0) is 4.79 Å². The van der Waals surface area contributed by atoms with Gasteiger partial charge in [-0.1, -0.05) is 12.8 Å². The van der Waals surface area contributed by atoms with E-state index >= 15 is 0 Å². The number of halogens is 1. The molecule has 1 aliphatic carbocycles. The quantitative estimate of drug-likeness (QED) is 0.860.